The van der Waals surface area contributed by atoms with Crippen molar-refractivity contribution in [2.45, 2.75) is 52.8 Å². The van der Waals surface area contributed by atoms with Crippen molar-refractivity contribution >= 4 is 11.9 Å². The lowest BCUT2D eigenvalue weighted by Gasteiger charge is -2.19. The molecule has 0 amide bonds. The van der Waals surface area contributed by atoms with Gasteiger partial charge < -0.3 is 19.7 Å². The molecule has 7 heteroatoms. The third-order valence-corrected chi connectivity index (χ3v) is 2.98. The van der Waals surface area contributed by atoms with Crippen LogP contribution in [0.1, 0.15) is 49.7 Å². The molecule has 0 fully saturated rings. The average Bonchev–Trinajstić information content (AvgIpc) is 2.75. The quantitative estimate of drug-likeness (QED) is 0.559. The number of carboxylic acid groups (broad SMARTS) is 1. The van der Waals surface area contributed by atoms with Gasteiger partial charge in [-0.05, 0) is 27.7 Å². The molecule has 2 N–H and O–H groups in total. The predicted octanol–water partition coefficient (Wildman–Crippen LogP) is 1.76. The van der Waals surface area contributed by atoms with Gasteiger partial charge in [0.05, 0.1) is 12.2 Å². The minimum absolute atomic E-state index is 0.000360. The zero-order chi connectivity index (χ0) is 17.6. The number of esters is 1. The van der Waals surface area contributed by atoms with Crippen LogP contribution in [0.4, 0.5) is 0 Å². The van der Waals surface area contributed by atoms with Gasteiger partial charge in [-0.3, -0.25) is 4.79 Å². The number of aromatic carboxylic acids is 1. The third kappa shape index (κ3) is 5.52. The number of nitrogens with zero attached hydrogens (tertiary/aromatic N) is 2. The van der Waals surface area contributed by atoms with E-state index in [1.54, 1.807) is 26.8 Å². The van der Waals surface area contributed by atoms with Gasteiger partial charge in [0.25, 0.3) is 0 Å². The largest absolute Gasteiger partial charge is 0.476 e. The Balaban J connectivity index is 2.84. The number of carbonyl (C=O) groups excluding carboxylic acids is 1. The Bertz CT molecular complexity index is 585. The van der Waals surface area contributed by atoms with Crippen molar-refractivity contribution in [1.82, 2.24) is 14.9 Å². The first-order valence-corrected chi connectivity index (χ1v) is 7.54. The molecule has 0 spiro atoms. The molecule has 0 aliphatic rings. The summed E-state index contributed by atoms with van der Waals surface area (Å²) in [6, 6.07) is 0. The number of hydrogen-bond acceptors (Lipinski definition) is 5. The summed E-state index contributed by atoms with van der Waals surface area (Å²) < 4.78 is 7.03. The summed E-state index contributed by atoms with van der Waals surface area (Å²) in [6.07, 6.45) is 2.16. The Morgan fingerprint density at radius 1 is 1.43 bits per heavy atom. The molecular formula is C16H25N3O4. The van der Waals surface area contributed by atoms with E-state index in [1.807, 2.05) is 11.5 Å². The minimum Gasteiger partial charge on any atom is -0.476 e. The Kier molecular flexibility index (Phi) is 6.50. The molecule has 1 aromatic rings. The summed E-state index contributed by atoms with van der Waals surface area (Å²) in [5, 5.41) is 12.2. The van der Waals surface area contributed by atoms with Crippen LogP contribution in [-0.4, -0.2) is 38.7 Å². The smallest absolute Gasteiger partial charge is 0.356 e. The lowest BCUT2D eigenvalue weighted by Crippen LogP contribution is -2.32. The van der Waals surface area contributed by atoms with Gasteiger partial charge in [0.2, 0.25) is 0 Å². The van der Waals surface area contributed by atoms with Gasteiger partial charge in [-0.1, -0.05) is 6.08 Å². The van der Waals surface area contributed by atoms with E-state index >= 15 is 0 Å². The highest BCUT2D eigenvalue weighted by atomic mass is 16.6. The van der Waals surface area contributed by atoms with E-state index in [2.05, 4.69) is 16.9 Å². The average molecular weight is 323 g/mol. The molecule has 0 saturated heterocycles. The first kappa shape index (κ1) is 18.9. The van der Waals surface area contributed by atoms with Gasteiger partial charge in [-0.2, -0.15) is 0 Å². The number of carbonyl (C=O) groups is 2. The molecule has 23 heavy (non-hydrogen) atoms. The molecule has 0 unspecified atom stereocenters. The van der Waals surface area contributed by atoms with Crippen molar-refractivity contribution in [1.29, 1.82) is 0 Å². The lowest BCUT2D eigenvalue weighted by molar-refractivity contribution is -0.153. The van der Waals surface area contributed by atoms with Gasteiger partial charge >= 0.3 is 11.9 Å². The van der Waals surface area contributed by atoms with Crippen molar-refractivity contribution in [2.24, 2.45) is 0 Å². The second-order valence-corrected chi connectivity index (χ2v) is 6.06. The molecule has 1 rings (SSSR count). The summed E-state index contributed by atoms with van der Waals surface area (Å²) in [6.45, 7) is 11.8. The molecule has 0 aliphatic heterocycles. The van der Waals surface area contributed by atoms with Crippen molar-refractivity contribution < 1.29 is 19.4 Å². The lowest BCUT2D eigenvalue weighted by atomic mass is 10.2. The normalized spacial score (nSPS) is 11.3. The third-order valence-electron chi connectivity index (χ3n) is 2.98. The molecule has 0 saturated carbocycles. The highest BCUT2D eigenvalue weighted by molar-refractivity contribution is 5.87. The molecule has 128 valence electrons. The maximum Gasteiger partial charge on any atom is 0.356 e. The maximum absolute atomic E-state index is 11.7. The van der Waals surface area contributed by atoms with Crippen LogP contribution in [0.2, 0.25) is 0 Å². The number of imidazole rings is 1. The van der Waals surface area contributed by atoms with E-state index in [9.17, 15) is 14.7 Å². The minimum atomic E-state index is -1.09. The van der Waals surface area contributed by atoms with Crippen LogP contribution in [0.3, 0.4) is 0 Å². The highest BCUT2D eigenvalue weighted by Crippen LogP contribution is 2.14. The van der Waals surface area contributed by atoms with Crippen LogP contribution in [0.5, 0.6) is 0 Å². The fourth-order valence-corrected chi connectivity index (χ4v) is 2.21. The Morgan fingerprint density at radius 3 is 2.57 bits per heavy atom. The number of ether oxygens (including phenoxy) is 1. The van der Waals surface area contributed by atoms with Gasteiger partial charge in [0, 0.05) is 19.5 Å². The second kappa shape index (κ2) is 7.92. The fraction of sp³-hybridized carbons (Fsp3) is 0.562. The van der Waals surface area contributed by atoms with Crippen LogP contribution >= 0.6 is 0 Å². The molecule has 0 atom stereocenters. The predicted molar refractivity (Wildman–Crippen MR) is 86.3 cm³/mol. The van der Waals surface area contributed by atoms with E-state index in [4.69, 9.17) is 4.74 Å². The zero-order valence-electron chi connectivity index (χ0n) is 14.2. The molecule has 0 bridgehead atoms. The molecule has 0 aliphatic carbocycles. The first-order valence-electron chi connectivity index (χ1n) is 7.54. The van der Waals surface area contributed by atoms with E-state index in [0.29, 0.717) is 24.5 Å². The molecule has 0 radical (unpaired) electrons. The van der Waals surface area contributed by atoms with Gasteiger partial charge in [-0.15, -0.1) is 6.58 Å². The van der Waals surface area contributed by atoms with Gasteiger partial charge in [0.1, 0.15) is 11.4 Å². The molecule has 1 aromatic heterocycles. The van der Waals surface area contributed by atoms with Crippen molar-refractivity contribution in [3.8, 4) is 0 Å². The summed E-state index contributed by atoms with van der Waals surface area (Å²) >= 11 is 0. The molecular weight excluding hydrogens is 298 g/mol. The molecule has 0 aromatic carbocycles. The number of allylic oxidation sites excluding steroid dienone is 1. The van der Waals surface area contributed by atoms with E-state index < -0.39 is 11.6 Å². The Morgan fingerprint density at radius 2 is 2.09 bits per heavy atom. The number of nitrogens with one attached hydrogen (secondary N) is 1. The van der Waals surface area contributed by atoms with Crippen LogP contribution in [-0.2, 0) is 29.0 Å². The summed E-state index contributed by atoms with van der Waals surface area (Å²) in [7, 11) is 0. The van der Waals surface area contributed by atoms with E-state index in [1.165, 1.54) is 0 Å². The topological polar surface area (TPSA) is 93.4 Å². The summed E-state index contributed by atoms with van der Waals surface area (Å²) in [5.74, 6) is -0.825. The maximum atomic E-state index is 11.7. The number of rotatable bonds is 8. The number of carboxylic acids is 1. The van der Waals surface area contributed by atoms with Crippen molar-refractivity contribution in [2.75, 3.05) is 6.54 Å². The van der Waals surface area contributed by atoms with Crippen LogP contribution in [0.15, 0.2) is 12.7 Å². The SMILES string of the molecule is C=CCc1nc(C(=O)O)c(CNCC(=O)OC(C)(C)C)n1CC. The Hall–Kier alpha value is -2.15. The van der Waals surface area contributed by atoms with Crippen LogP contribution in [0, 0.1) is 0 Å². The standard InChI is InChI=1S/C16H25N3O4/c1-6-8-12-18-14(15(21)22)11(19(12)7-2)9-17-10-13(20)23-16(3,4)5/h6,17H,1,7-10H2,2-5H3,(H,21,22). The number of aromatic nitrogens is 2. The van der Waals surface area contributed by atoms with Crippen molar-refractivity contribution in [3.63, 3.8) is 0 Å². The summed E-state index contributed by atoms with van der Waals surface area (Å²) in [4.78, 5) is 27.2. The van der Waals surface area contributed by atoms with E-state index in [-0.39, 0.29) is 24.8 Å². The zero-order valence-corrected chi connectivity index (χ0v) is 14.2. The van der Waals surface area contributed by atoms with E-state index in [0.717, 1.165) is 0 Å². The number of hydrogen-bond donors (Lipinski definition) is 2. The fourth-order valence-electron chi connectivity index (χ4n) is 2.21. The second-order valence-electron chi connectivity index (χ2n) is 6.06. The Labute approximate surface area is 136 Å². The van der Waals surface area contributed by atoms with Crippen LogP contribution in [0.25, 0.3) is 0 Å². The molecule has 1 heterocycles. The van der Waals surface area contributed by atoms with Crippen LogP contribution < -0.4 is 5.32 Å². The van der Waals surface area contributed by atoms with Crippen molar-refractivity contribution in [3.05, 3.63) is 29.9 Å². The highest BCUT2D eigenvalue weighted by Gasteiger charge is 2.21. The summed E-state index contributed by atoms with van der Waals surface area (Å²) in [5.41, 5.74) is -0.00590. The van der Waals surface area contributed by atoms with Gasteiger partial charge in [0.15, 0.2) is 5.69 Å². The monoisotopic (exact) mass is 323 g/mol. The first-order chi connectivity index (χ1) is 10.7. The molecule has 7 nitrogen and oxygen atoms in total. The van der Waals surface area contributed by atoms with Gasteiger partial charge in [-0.25, -0.2) is 9.78 Å².